The fourth-order valence-electron chi connectivity index (χ4n) is 1.96. The van der Waals surface area contributed by atoms with Gasteiger partial charge in [0.1, 0.15) is 4.92 Å². The van der Waals surface area contributed by atoms with E-state index in [1.165, 1.54) is 12.1 Å². The standard InChI is InChI=1S/C16H9NO3/c18-17(19)16-11-10-14(20-16)9-8-13-6-3-5-12-4-1-2-7-15(12)13/h1-7,10-11H. The zero-order chi connectivity index (χ0) is 13.9. The van der Waals surface area contributed by atoms with Crippen LogP contribution in [0.3, 0.4) is 0 Å². The highest BCUT2D eigenvalue weighted by Crippen LogP contribution is 2.18. The largest absolute Gasteiger partial charge is 0.434 e. The molecule has 0 N–H and O–H groups in total. The third-order valence-corrected chi connectivity index (χ3v) is 2.88. The number of nitrogens with zero attached hydrogens (tertiary/aromatic N) is 1. The highest BCUT2D eigenvalue weighted by molar-refractivity contribution is 5.88. The third-order valence-electron chi connectivity index (χ3n) is 2.88. The predicted octanol–water partition coefficient (Wildman–Crippen LogP) is 3.74. The van der Waals surface area contributed by atoms with Crippen LogP contribution in [0.5, 0.6) is 0 Å². The van der Waals surface area contributed by atoms with Crippen LogP contribution in [0.15, 0.2) is 59.0 Å². The molecule has 20 heavy (non-hydrogen) atoms. The van der Waals surface area contributed by atoms with Crippen LogP contribution < -0.4 is 0 Å². The van der Waals surface area contributed by atoms with Crippen molar-refractivity contribution >= 4 is 16.7 Å². The van der Waals surface area contributed by atoms with Gasteiger partial charge in [0.25, 0.3) is 0 Å². The molecule has 0 aliphatic heterocycles. The van der Waals surface area contributed by atoms with Gasteiger partial charge in [0.15, 0.2) is 5.76 Å². The summed E-state index contributed by atoms with van der Waals surface area (Å²) in [5.41, 5.74) is 0.863. The Hall–Kier alpha value is -3.06. The normalized spacial score (nSPS) is 10.0. The maximum atomic E-state index is 10.5. The number of benzene rings is 2. The van der Waals surface area contributed by atoms with Crippen LogP contribution >= 0.6 is 0 Å². The molecule has 4 heteroatoms. The van der Waals surface area contributed by atoms with Crippen molar-refractivity contribution in [2.24, 2.45) is 0 Å². The molecule has 3 aromatic rings. The van der Waals surface area contributed by atoms with Crippen LogP contribution in [0, 0.1) is 22.0 Å². The molecule has 0 radical (unpaired) electrons. The van der Waals surface area contributed by atoms with Gasteiger partial charge in [-0.3, -0.25) is 10.1 Å². The molecule has 0 saturated heterocycles. The van der Waals surface area contributed by atoms with E-state index >= 15 is 0 Å². The predicted molar refractivity (Wildman–Crippen MR) is 75.3 cm³/mol. The molecule has 96 valence electrons. The SMILES string of the molecule is O=[N+]([O-])c1ccc(C#Cc2cccc3ccccc23)o1. The maximum Gasteiger partial charge on any atom is 0.434 e. The molecule has 0 bridgehead atoms. The topological polar surface area (TPSA) is 56.3 Å². The van der Waals surface area contributed by atoms with Gasteiger partial charge in [-0.25, -0.2) is 0 Å². The second-order valence-electron chi connectivity index (χ2n) is 4.17. The number of rotatable bonds is 1. The van der Waals surface area contributed by atoms with Crippen LogP contribution in [0.25, 0.3) is 10.8 Å². The molecule has 1 aromatic heterocycles. The van der Waals surface area contributed by atoms with Gasteiger partial charge in [-0.15, -0.1) is 0 Å². The summed E-state index contributed by atoms with van der Waals surface area (Å²) in [6.07, 6.45) is 0. The minimum Gasteiger partial charge on any atom is -0.392 e. The lowest BCUT2D eigenvalue weighted by Gasteiger charge is -1.98. The van der Waals surface area contributed by atoms with Crippen molar-refractivity contribution in [3.63, 3.8) is 0 Å². The van der Waals surface area contributed by atoms with Crippen LogP contribution in [0.1, 0.15) is 11.3 Å². The zero-order valence-electron chi connectivity index (χ0n) is 10.4. The number of fused-ring (bicyclic) bond motifs is 1. The average Bonchev–Trinajstić information content (AvgIpc) is 2.94. The van der Waals surface area contributed by atoms with Crippen LogP contribution in [0.2, 0.25) is 0 Å². The highest BCUT2D eigenvalue weighted by atomic mass is 16.6. The summed E-state index contributed by atoms with van der Waals surface area (Å²) < 4.78 is 5.01. The van der Waals surface area contributed by atoms with Gasteiger partial charge in [-0.05, 0) is 22.8 Å². The van der Waals surface area contributed by atoms with Gasteiger partial charge in [0.2, 0.25) is 0 Å². The number of nitro groups is 1. The van der Waals surface area contributed by atoms with E-state index in [9.17, 15) is 10.1 Å². The molecule has 3 rings (SSSR count). The molecule has 2 aromatic carbocycles. The molecule has 0 atom stereocenters. The van der Waals surface area contributed by atoms with Crippen molar-refractivity contribution in [3.05, 3.63) is 76.0 Å². The lowest BCUT2D eigenvalue weighted by molar-refractivity contribution is -0.402. The van der Waals surface area contributed by atoms with E-state index in [0.717, 1.165) is 16.3 Å². The van der Waals surface area contributed by atoms with Gasteiger partial charge in [-0.1, -0.05) is 42.3 Å². The fraction of sp³-hybridized carbons (Fsp3) is 0. The Balaban J connectivity index is 2.01. The summed E-state index contributed by atoms with van der Waals surface area (Å²) in [6.45, 7) is 0. The Morgan fingerprint density at radius 3 is 2.55 bits per heavy atom. The summed E-state index contributed by atoms with van der Waals surface area (Å²) in [7, 11) is 0. The summed E-state index contributed by atoms with van der Waals surface area (Å²) in [4.78, 5) is 9.95. The van der Waals surface area contributed by atoms with E-state index in [2.05, 4.69) is 11.8 Å². The first-order chi connectivity index (χ1) is 9.74. The Morgan fingerprint density at radius 2 is 1.75 bits per heavy atom. The third kappa shape index (κ3) is 2.25. The second-order valence-corrected chi connectivity index (χ2v) is 4.17. The average molecular weight is 263 g/mol. The Morgan fingerprint density at radius 1 is 0.950 bits per heavy atom. The smallest absolute Gasteiger partial charge is 0.392 e. The quantitative estimate of drug-likeness (QED) is 0.382. The first kappa shape index (κ1) is 12.0. The van der Waals surface area contributed by atoms with Gasteiger partial charge < -0.3 is 4.42 Å². The molecule has 0 saturated carbocycles. The number of furan rings is 1. The van der Waals surface area contributed by atoms with Gasteiger partial charge in [0, 0.05) is 11.6 Å². The molecule has 0 unspecified atom stereocenters. The Bertz CT molecular complexity index is 847. The molecule has 0 spiro atoms. The molecule has 0 aliphatic rings. The zero-order valence-corrected chi connectivity index (χ0v) is 10.4. The first-order valence-electron chi connectivity index (χ1n) is 5.98. The second kappa shape index (κ2) is 4.90. The van der Waals surface area contributed by atoms with E-state index < -0.39 is 4.92 Å². The number of hydrogen-bond donors (Lipinski definition) is 0. The van der Waals surface area contributed by atoms with Crippen molar-refractivity contribution in [1.82, 2.24) is 0 Å². The number of hydrogen-bond acceptors (Lipinski definition) is 3. The van der Waals surface area contributed by atoms with Crippen LogP contribution in [0.4, 0.5) is 5.88 Å². The summed E-state index contributed by atoms with van der Waals surface area (Å²) in [5.74, 6) is 5.78. The van der Waals surface area contributed by atoms with Crippen molar-refractivity contribution in [2.75, 3.05) is 0 Å². The van der Waals surface area contributed by atoms with Crippen molar-refractivity contribution in [1.29, 1.82) is 0 Å². The van der Waals surface area contributed by atoms with Crippen molar-refractivity contribution in [2.45, 2.75) is 0 Å². The first-order valence-corrected chi connectivity index (χ1v) is 5.98. The fourth-order valence-corrected chi connectivity index (χ4v) is 1.96. The summed E-state index contributed by atoms with van der Waals surface area (Å²) >= 11 is 0. The van der Waals surface area contributed by atoms with E-state index in [1.54, 1.807) is 0 Å². The van der Waals surface area contributed by atoms with E-state index in [0.29, 0.717) is 0 Å². The van der Waals surface area contributed by atoms with Gasteiger partial charge in [0.05, 0.1) is 6.07 Å². The molecular weight excluding hydrogens is 254 g/mol. The van der Waals surface area contributed by atoms with E-state index in [-0.39, 0.29) is 11.6 Å². The van der Waals surface area contributed by atoms with Crippen LogP contribution in [-0.2, 0) is 0 Å². The van der Waals surface area contributed by atoms with Gasteiger partial charge >= 0.3 is 5.88 Å². The Labute approximate surface area is 114 Å². The molecule has 4 nitrogen and oxygen atoms in total. The maximum absolute atomic E-state index is 10.5. The molecular formula is C16H9NO3. The van der Waals surface area contributed by atoms with Crippen molar-refractivity contribution in [3.8, 4) is 11.8 Å². The van der Waals surface area contributed by atoms with Gasteiger partial charge in [-0.2, -0.15) is 0 Å². The van der Waals surface area contributed by atoms with Crippen LogP contribution in [-0.4, -0.2) is 4.92 Å². The minimum atomic E-state index is -0.580. The Kier molecular flexibility index (Phi) is 2.94. The molecule has 0 fully saturated rings. The summed E-state index contributed by atoms with van der Waals surface area (Å²) in [5, 5.41) is 12.7. The minimum absolute atomic E-state index is 0.282. The lowest BCUT2D eigenvalue weighted by Crippen LogP contribution is -1.82. The van der Waals surface area contributed by atoms with E-state index in [1.807, 2.05) is 42.5 Å². The summed E-state index contributed by atoms with van der Waals surface area (Å²) in [6, 6.07) is 16.6. The monoisotopic (exact) mass is 263 g/mol. The molecule has 0 amide bonds. The molecule has 1 heterocycles. The molecule has 0 aliphatic carbocycles. The van der Waals surface area contributed by atoms with E-state index in [4.69, 9.17) is 4.42 Å². The highest BCUT2D eigenvalue weighted by Gasteiger charge is 2.09. The van der Waals surface area contributed by atoms with Crippen molar-refractivity contribution < 1.29 is 9.34 Å². The lowest BCUT2D eigenvalue weighted by atomic mass is 10.1.